The standard InChI is InChI=1S/C12H20N4O2S2/c1-3-19-12-15-14-11(20-12)13-10(17)8-16-6-4-5-9(7-16)18-2/h9H,3-8H2,1-2H3,(H,13,14,17). The number of carbonyl (C=O) groups is 1. The summed E-state index contributed by atoms with van der Waals surface area (Å²) < 4.78 is 6.24. The lowest BCUT2D eigenvalue weighted by molar-refractivity contribution is -0.118. The van der Waals surface area contributed by atoms with Gasteiger partial charge in [-0.1, -0.05) is 30.0 Å². The molecule has 1 aromatic rings. The van der Waals surface area contributed by atoms with Crippen molar-refractivity contribution in [2.75, 3.05) is 37.8 Å². The Hall–Kier alpha value is -0.700. The van der Waals surface area contributed by atoms with Crippen molar-refractivity contribution in [3.8, 4) is 0 Å². The third-order valence-electron chi connectivity index (χ3n) is 3.08. The average molecular weight is 316 g/mol. The number of likely N-dealkylation sites (tertiary alicyclic amines) is 1. The SMILES string of the molecule is CCSc1nnc(NC(=O)CN2CCCC(OC)C2)s1. The zero-order valence-corrected chi connectivity index (χ0v) is 13.4. The van der Waals surface area contributed by atoms with Gasteiger partial charge < -0.3 is 4.74 Å². The minimum Gasteiger partial charge on any atom is -0.380 e. The molecule has 1 aliphatic rings. The van der Waals surface area contributed by atoms with E-state index in [1.807, 2.05) is 0 Å². The maximum absolute atomic E-state index is 12.0. The lowest BCUT2D eigenvalue weighted by Crippen LogP contribution is -2.43. The Balaban J connectivity index is 1.79. The number of carbonyl (C=O) groups excluding carboxylic acids is 1. The summed E-state index contributed by atoms with van der Waals surface area (Å²) in [5.74, 6) is 0.917. The van der Waals surface area contributed by atoms with Crippen molar-refractivity contribution in [3.05, 3.63) is 0 Å². The number of hydrogen-bond acceptors (Lipinski definition) is 7. The molecule has 1 amide bonds. The fraction of sp³-hybridized carbons (Fsp3) is 0.750. The quantitative estimate of drug-likeness (QED) is 0.636. The van der Waals surface area contributed by atoms with E-state index in [1.54, 1.807) is 18.9 Å². The van der Waals surface area contributed by atoms with Gasteiger partial charge in [0.15, 0.2) is 4.34 Å². The highest BCUT2D eigenvalue weighted by molar-refractivity contribution is 8.01. The minimum atomic E-state index is -0.0362. The van der Waals surface area contributed by atoms with Crippen LogP contribution in [0.5, 0.6) is 0 Å². The number of ether oxygens (including phenoxy) is 1. The Morgan fingerprint density at radius 1 is 1.60 bits per heavy atom. The van der Waals surface area contributed by atoms with E-state index in [2.05, 4.69) is 27.3 Å². The second-order valence-corrected chi connectivity index (χ2v) is 7.08. The first-order chi connectivity index (χ1) is 9.71. The molecule has 0 aliphatic carbocycles. The van der Waals surface area contributed by atoms with Gasteiger partial charge in [0.05, 0.1) is 12.6 Å². The normalized spacial score (nSPS) is 20.0. The van der Waals surface area contributed by atoms with E-state index in [0.29, 0.717) is 11.7 Å². The van der Waals surface area contributed by atoms with Gasteiger partial charge in [-0.2, -0.15) is 0 Å². The van der Waals surface area contributed by atoms with Gasteiger partial charge in [-0.25, -0.2) is 0 Å². The fourth-order valence-electron chi connectivity index (χ4n) is 2.15. The van der Waals surface area contributed by atoms with Crippen LogP contribution in [0.15, 0.2) is 4.34 Å². The van der Waals surface area contributed by atoms with Gasteiger partial charge >= 0.3 is 0 Å². The Morgan fingerprint density at radius 3 is 3.20 bits per heavy atom. The van der Waals surface area contributed by atoms with E-state index in [-0.39, 0.29) is 12.0 Å². The first-order valence-corrected chi connectivity index (χ1v) is 8.52. The zero-order valence-electron chi connectivity index (χ0n) is 11.8. The van der Waals surface area contributed by atoms with Crippen LogP contribution in [-0.2, 0) is 9.53 Å². The molecule has 20 heavy (non-hydrogen) atoms. The number of thioether (sulfide) groups is 1. The summed E-state index contributed by atoms with van der Waals surface area (Å²) in [6.07, 6.45) is 2.38. The maximum Gasteiger partial charge on any atom is 0.240 e. The van der Waals surface area contributed by atoms with Crippen LogP contribution in [0.25, 0.3) is 0 Å². The van der Waals surface area contributed by atoms with Crippen molar-refractivity contribution in [1.82, 2.24) is 15.1 Å². The summed E-state index contributed by atoms with van der Waals surface area (Å²) in [6, 6.07) is 0. The number of amides is 1. The topological polar surface area (TPSA) is 67.4 Å². The van der Waals surface area contributed by atoms with Crippen LogP contribution in [0.2, 0.25) is 0 Å². The molecule has 2 rings (SSSR count). The lowest BCUT2D eigenvalue weighted by atomic mass is 10.1. The number of hydrogen-bond donors (Lipinski definition) is 1. The van der Waals surface area contributed by atoms with Gasteiger partial charge in [-0.15, -0.1) is 10.2 Å². The van der Waals surface area contributed by atoms with Crippen LogP contribution in [-0.4, -0.2) is 59.6 Å². The molecule has 1 aliphatic heterocycles. The van der Waals surface area contributed by atoms with E-state index in [0.717, 1.165) is 36.0 Å². The molecule has 8 heteroatoms. The summed E-state index contributed by atoms with van der Waals surface area (Å²) in [4.78, 5) is 14.1. The summed E-state index contributed by atoms with van der Waals surface area (Å²) in [5, 5.41) is 11.4. The molecule has 112 valence electrons. The Bertz CT molecular complexity index is 441. The predicted molar refractivity (Wildman–Crippen MR) is 81.4 cm³/mol. The van der Waals surface area contributed by atoms with Gasteiger partial charge in [0.25, 0.3) is 0 Å². The van der Waals surface area contributed by atoms with Crippen LogP contribution in [0.3, 0.4) is 0 Å². The van der Waals surface area contributed by atoms with E-state index < -0.39 is 0 Å². The highest BCUT2D eigenvalue weighted by atomic mass is 32.2. The van der Waals surface area contributed by atoms with Crippen LogP contribution in [0.4, 0.5) is 5.13 Å². The van der Waals surface area contributed by atoms with Crippen LogP contribution in [0.1, 0.15) is 19.8 Å². The maximum atomic E-state index is 12.0. The summed E-state index contributed by atoms with van der Waals surface area (Å²) in [5.41, 5.74) is 0. The molecule has 1 unspecified atom stereocenters. The number of methoxy groups -OCH3 is 1. The monoisotopic (exact) mass is 316 g/mol. The van der Waals surface area contributed by atoms with Crippen LogP contribution < -0.4 is 5.32 Å². The van der Waals surface area contributed by atoms with Crippen molar-refractivity contribution in [2.24, 2.45) is 0 Å². The minimum absolute atomic E-state index is 0.0362. The highest BCUT2D eigenvalue weighted by Crippen LogP contribution is 2.24. The molecule has 6 nitrogen and oxygen atoms in total. The van der Waals surface area contributed by atoms with Gasteiger partial charge in [-0.3, -0.25) is 15.0 Å². The Labute approximate surface area is 127 Å². The first kappa shape index (κ1) is 15.7. The van der Waals surface area contributed by atoms with Gasteiger partial charge in [-0.05, 0) is 25.1 Å². The molecular weight excluding hydrogens is 296 g/mol. The number of piperidine rings is 1. The molecular formula is C12H20N4O2S2. The summed E-state index contributed by atoms with van der Waals surface area (Å²) in [7, 11) is 1.72. The summed E-state index contributed by atoms with van der Waals surface area (Å²) in [6.45, 7) is 4.21. The Kier molecular flexibility index (Phi) is 6.21. The molecule has 2 heterocycles. The highest BCUT2D eigenvalue weighted by Gasteiger charge is 2.21. The third-order valence-corrected chi connectivity index (χ3v) is 4.94. The molecule has 0 saturated carbocycles. The third kappa shape index (κ3) is 4.69. The van der Waals surface area contributed by atoms with Crippen LogP contribution in [0, 0.1) is 0 Å². The molecule has 0 aromatic carbocycles. The van der Waals surface area contributed by atoms with E-state index >= 15 is 0 Å². The first-order valence-electron chi connectivity index (χ1n) is 6.72. The van der Waals surface area contributed by atoms with Crippen molar-refractivity contribution < 1.29 is 9.53 Å². The molecule has 1 saturated heterocycles. The van der Waals surface area contributed by atoms with E-state index in [9.17, 15) is 4.79 Å². The predicted octanol–water partition coefficient (Wildman–Crippen LogP) is 1.70. The molecule has 1 atom stereocenters. The number of aromatic nitrogens is 2. The van der Waals surface area contributed by atoms with Crippen LogP contribution >= 0.6 is 23.1 Å². The second-order valence-electron chi connectivity index (χ2n) is 4.59. The summed E-state index contributed by atoms with van der Waals surface area (Å²) >= 11 is 3.05. The van der Waals surface area contributed by atoms with E-state index in [1.165, 1.54) is 11.3 Å². The molecule has 0 radical (unpaired) electrons. The number of nitrogens with one attached hydrogen (secondary N) is 1. The Morgan fingerprint density at radius 2 is 2.45 bits per heavy atom. The molecule has 0 spiro atoms. The zero-order chi connectivity index (χ0) is 14.4. The van der Waals surface area contributed by atoms with Gasteiger partial charge in [0, 0.05) is 13.7 Å². The van der Waals surface area contributed by atoms with Crippen molar-refractivity contribution in [1.29, 1.82) is 0 Å². The molecule has 1 fully saturated rings. The van der Waals surface area contributed by atoms with Crippen molar-refractivity contribution in [3.63, 3.8) is 0 Å². The smallest absolute Gasteiger partial charge is 0.240 e. The van der Waals surface area contributed by atoms with Gasteiger partial charge in [0.2, 0.25) is 11.0 Å². The average Bonchev–Trinajstić information content (AvgIpc) is 2.86. The second kappa shape index (κ2) is 7.92. The number of anilines is 1. The lowest BCUT2D eigenvalue weighted by Gasteiger charge is -2.31. The van der Waals surface area contributed by atoms with Crippen molar-refractivity contribution >= 4 is 34.1 Å². The molecule has 1 aromatic heterocycles. The molecule has 0 bridgehead atoms. The molecule has 1 N–H and O–H groups in total. The van der Waals surface area contributed by atoms with Gasteiger partial charge in [0.1, 0.15) is 0 Å². The van der Waals surface area contributed by atoms with Crippen molar-refractivity contribution in [2.45, 2.75) is 30.2 Å². The van der Waals surface area contributed by atoms with E-state index in [4.69, 9.17) is 4.74 Å². The number of nitrogens with zero attached hydrogens (tertiary/aromatic N) is 3. The number of rotatable bonds is 6. The largest absolute Gasteiger partial charge is 0.380 e. The fourth-order valence-corrected chi connectivity index (χ4v) is 3.82.